The smallest absolute Gasteiger partial charge is 0.255 e. The fourth-order valence-corrected chi connectivity index (χ4v) is 4.02. The molecule has 3 nitrogen and oxygen atoms in total. The summed E-state index contributed by atoms with van der Waals surface area (Å²) in [5.74, 6) is -0.0840. The molecule has 1 amide bonds. The molecule has 1 aliphatic rings. The van der Waals surface area contributed by atoms with Crippen LogP contribution in [0.2, 0.25) is 0 Å². The molecule has 120 valence electrons. The summed E-state index contributed by atoms with van der Waals surface area (Å²) in [6, 6.07) is 19.8. The van der Waals surface area contributed by atoms with Crippen molar-refractivity contribution in [1.29, 1.82) is 0 Å². The number of amides is 1. The summed E-state index contributed by atoms with van der Waals surface area (Å²) < 4.78 is 0. The van der Waals surface area contributed by atoms with E-state index in [2.05, 4.69) is 34.2 Å². The minimum atomic E-state index is -0.0840. The molecular formula is C20H18N2OS. The SMILES string of the molecule is O=C(Nc1ccc(C2NCCc3sccc32)cc1)c1ccccc1. The average molecular weight is 334 g/mol. The van der Waals surface area contributed by atoms with Gasteiger partial charge in [0, 0.05) is 22.7 Å². The zero-order chi connectivity index (χ0) is 16.4. The first kappa shape index (κ1) is 15.1. The molecule has 1 unspecified atom stereocenters. The first-order valence-electron chi connectivity index (χ1n) is 8.07. The van der Waals surface area contributed by atoms with Gasteiger partial charge < -0.3 is 10.6 Å². The zero-order valence-electron chi connectivity index (χ0n) is 13.2. The fraction of sp³-hybridized carbons (Fsp3) is 0.150. The third-order valence-electron chi connectivity index (χ3n) is 4.33. The third kappa shape index (κ3) is 2.98. The number of rotatable bonds is 3. The quantitative estimate of drug-likeness (QED) is 0.752. The van der Waals surface area contributed by atoms with Crippen LogP contribution in [0.5, 0.6) is 0 Å². The van der Waals surface area contributed by atoms with Gasteiger partial charge in [-0.25, -0.2) is 0 Å². The Morgan fingerprint density at radius 1 is 1.04 bits per heavy atom. The normalized spacial score (nSPS) is 16.4. The molecule has 2 N–H and O–H groups in total. The first-order chi connectivity index (χ1) is 11.8. The Morgan fingerprint density at radius 3 is 2.62 bits per heavy atom. The van der Waals surface area contributed by atoms with Crippen LogP contribution < -0.4 is 10.6 Å². The van der Waals surface area contributed by atoms with E-state index in [1.54, 1.807) is 0 Å². The van der Waals surface area contributed by atoms with Gasteiger partial charge in [-0.3, -0.25) is 4.79 Å². The number of nitrogens with one attached hydrogen (secondary N) is 2. The minimum Gasteiger partial charge on any atom is -0.322 e. The Hall–Kier alpha value is -2.43. The maximum atomic E-state index is 12.2. The highest BCUT2D eigenvalue weighted by Crippen LogP contribution is 2.32. The second-order valence-corrected chi connectivity index (χ2v) is 6.88. The number of fused-ring (bicyclic) bond motifs is 1. The second kappa shape index (κ2) is 6.59. The van der Waals surface area contributed by atoms with E-state index in [4.69, 9.17) is 0 Å². The molecule has 0 saturated heterocycles. The van der Waals surface area contributed by atoms with E-state index < -0.39 is 0 Å². The van der Waals surface area contributed by atoms with E-state index in [0.717, 1.165) is 18.7 Å². The van der Waals surface area contributed by atoms with E-state index in [0.29, 0.717) is 5.56 Å². The molecule has 0 fully saturated rings. The van der Waals surface area contributed by atoms with Crippen molar-refractivity contribution in [1.82, 2.24) is 5.32 Å². The number of hydrogen-bond donors (Lipinski definition) is 2. The molecule has 0 aliphatic carbocycles. The fourth-order valence-electron chi connectivity index (χ4n) is 3.10. The van der Waals surface area contributed by atoms with Crippen LogP contribution in [0.1, 0.15) is 32.4 Å². The number of carbonyl (C=O) groups excluding carboxylic acids is 1. The van der Waals surface area contributed by atoms with Crippen molar-refractivity contribution in [2.45, 2.75) is 12.5 Å². The minimum absolute atomic E-state index is 0.0840. The van der Waals surface area contributed by atoms with Crippen molar-refractivity contribution in [2.75, 3.05) is 11.9 Å². The van der Waals surface area contributed by atoms with Crippen LogP contribution in [0.4, 0.5) is 5.69 Å². The number of carbonyl (C=O) groups is 1. The number of thiophene rings is 1. The van der Waals surface area contributed by atoms with Gasteiger partial charge >= 0.3 is 0 Å². The Bertz CT molecular complexity index is 840. The van der Waals surface area contributed by atoms with Gasteiger partial charge in [0.2, 0.25) is 0 Å². The van der Waals surface area contributed by atoms with E-state index in [9.17, 15) is 4.79 Å². The van der Waals surface area contributed by atoms with Crippen LogP contribution in [-0.2, 0) is 6.42 Å². The Kier molecular flexibility index (Phi) is 4.15. The lowest BCUT2D eigenvalue weighted by molar-refractivity contribution is 0.102. The summed E-state index contributed by atoms with van der Waals surface area (Å²) in [5, 5.41) is 8.69. The third-order valence-corrected chi connectivity index (χ3v) is 5.33. The molecule has 4 rings (SSSR count). The van der Waals surface area contributed by atoms with Crippen LogP contribution >= 0.6 is 11.3 Å². The van der Waals surface area contributed by atoms with E-state index in [-0.39, 0.29) is 11.9 Å². The summed E-state index contributed by atoms with van der Waals surface area (Å²) in [5.41, 5.74) is 4.09. The molecule has 0 saturated carbocycles. The summed E-state index contributed by atoms with van der Waals surface area (Å²) >= 11 is 1.84. The highest BCUT2D eigenvalue weighted by molar-refractivity contribution is 7.10. The molecule has 3 aromatic rings. The Morgan fingerprint density at radius 2 is 1.83 bits per heavy atom. The van der Waals surface area contributed by atoms with E-state index >= 15 is 0 Å². The van der Waals surface area contributed by atoms with Crippen molar-refractivity contribution in [3.63, 3.8) is 0 Å². The van der Waals surface area contributed by atoms with Gasteiger partial charge in [-0.2, -0.15) is 0 Å². The van der Waals surface area contributed by atoms with Gasteiger partial charge in [0.15, 0.2) is 0 Å². The van der Waals surface area contributed by atoms with Gasteiger partial charge in [-0.15, -0.1) is 11.3 Å². The molecule has 2 heterocycles. The van der Waals surface area contributed by atoms with Crippen LogP contribution in [0.15, 0.2) is 66.0 Å². The Balaban J connectivity index is 1.51. The van der Waals surface area contributed by atoms with Crippen molar-refractivity contribution in [3.05, 3.63) is 87.6 Å². The molecule has 0 spiro atoms. The lowest BCUT2D eigenvalue weighted by Crippen LogP contribution is -2.29. The van der Waals surface area contributed by atoms with Gasteiger partial charge in [-0.05, 0) is 53.3 Å². The summed E-state index contributed by atoms with van der Waals surface area (Å²) in [4.78, 5) is 13.7. The first-order valence-corrected chi connectivity index (χ1v) is 8.95. The van der Waals surface area contributed by atoms with Crippen molar-refractivity contribution in [3.8, 4) is 0 Å². The molecule has 1 atom stereocenters. The number of hydrogen-bond acceptors (Lipinski definition) is 3. The number of benzene rings is 2. The van der Waals surface area contributed by atoms with Gasteiger partial charge in [0.25, 0.3) is 5.91 Å². The molecule has 24 heavy (non-hydrogen) atoms. The highest BCUT2D eigenvalue weighted by atomic mass is 32.1. The van der Waals surface area contributed by atoms with Crippen molar-refractivity contribution >= 4 is 22.9 Å². The molecule has 2 aromatic carbocycles. The summed E-state index contributed by atoms with van der Waals surface area (Å²) in [7, 11) is 0. The average Bonchev–Trinajstić information content (AvgIpc) is 3.12. The zero-order valence-corrected chi connectivity index (χ0v) is 14.0. The van der Waals surface area contributed by atoms with Gasteiger partial charge in [0.05, 0.1) is 6.04 Å². The van der Waals surface area contributed by atoms with Crippen molar-refractivity contribution in [2.24, 2.45) is 0 Å². The van der Waals surface area contributed by atoms with Crippen LogP contribution in [0, 0.1) is 0 Å². The standard InChI is InChI=1S/C20H18N2OS/c23-20(15-4-2-1-3-5-15)22-16-8-6-14(7-9-16)19-17-11-13-24-18(17)10-12-21-19/h1-9,11,13,19,21H,10,12H2,(H,22,23). The largest absolute Gasteiger partial charge is 0.322 e. The monoisotopic (exact) mass is 334 g/mol. The highest BCUT2D eigenvalue weighted by Gasteiger charge is 2.22. The molecule has 4 heteroatoms. The van der Waals surface area contributed by atoms with E-state index in [1.807, 2.05) is 53.8 Å². The lowest BCUT2D eigenvalue weighted by atomic mass is 9.95. The molecule has 1 aromatic heterocycles. The Labute approximate surface area is 145 Å². The maximum absolute atomic E-state index is 12.2. The van der Waals surface area contributed by atoms with Crippen LogP contribution in [0.25, 0.3) is 0 Å². The van der Waals surface area contributed by atoms with E-state index in [1.165, 1.54) is 16.0 Å². The maximum Gasteiger partial charge on any atom is 0.255 e. The van der Waals surface area contributed by atoms with Crippen LogP contribution in [-0.4, -0.2) is 12.5 Å². The molecule has 0 bridgehead atoms. The topological polar surface area (TPSA) is 41.1 Å². The molecule has 1 aliphatic heterocycles. The van der Waals surface area contributed by atoms with Crippen LogP contribution in [0.3, 0.4) is 0 Å². The predicted octanol–water partition coefficient (Wildman–Crippen LogP) is 4.24. The van der Waals surface area contributed by atoms with Gasteiger partial charge in [-0.1, -0.05) is 30.3 Å². The predicted molar refractivity (Wildman–Crippen MR) is 98.7 cm³/mol. The van der Waals surface area contributed by atoms with Crippen molar-refractivity contribution < 1.29 is 4.79 Å². The lowest BCUT2D eigenvalue weighted by Gasteiger charge is -2.24. The summed E-state index contributed by atoms with van der Waals surface area (Å²) in [6.07, 6.45) is 1.11. The number of anilines is 1. The second-order valence-electron chi connectivity index (χ2n) is 5.88. The molecule has 0 radical (unpaired) electrons. The van der Waals surface area contributed by atoms with Gasteiger partial charge in [0.1, 0.15) is 0 Å². The summed E-state index contributed by atoms with van der Waals surface area (Å²) in [6.45, 7) is 1.00. The molecular weight excluding hydrogens is 316 g/mol.